The normalized spacial score (nSPS) is 10.1. The molecule has 62 valence electrons. The second kappa shape index (κ2) is 3.39. The van der Waals surface area contributed by atoms with E-state index in [0.29, 0.717) is 18.9 Å². The minimum atomic E-state index is 0.503. The number of nitrogens with zero attached hydrogens (tertiary/aromatic N) is 1. The van der Waals surface area contributed by atoms with Gasteiger partial charge in [-0.15, -0.1) is 0 Å². The number of aromatic nitrogens is 1. The van der Waals surface area contributed by atoms with E-state index in [1.54, 1.807) is 0 Å². The van der Waals surface area contributed by atoms with Crippen LogP contribution in [-0.4, -0.2) is 18.3 Å². The highest BCUT2D eigenvalue weighted by atomic mass is 16.5. The standard InChI is InChI=1S/C7H12N2O2/c1-5-7(10-4-3-8)6(2)11-9-5/h3-4,8H2,1-2H3. The van der Waals surface area contributed by atoms with Crippen LogP contribution in [0, 0.1) is 13.8 Å². The van der Waals surface area contributed by atoms with Gasteiger partial charge in [0.05, 0.1) is 0 Å². The zero-order chi connectivity index (χ0) is 8.27. The Morgan fingerprint density at radius 1 is 1.55 bits per heavy atom. The first kappa shape index (κ1) is 8.07. The highest BCUT2D eigenvalue weighted by Gasteiger charge is 2.08. The molecule has 0 unspecified atom stereocenters. The number of hydrogen-bond donors (Lipinski definition) is 1. The maximum absolute atomic E-state index is 5.28. The van der Waals surface area contributed by atoms with Gasteiger partial charge in [0.15, 0.2) is 11.5 Å². The third kappa shape index (κ3) is 1.71. The SMILES string of the molecule is Cc1noc(C)c1OCCN. The van der Waals surface area contributed by atoms with Gasteiger partial charge in [-0.25, -0.2) is 0 Å². The van der Waals surface area contributed by atoms with Crippen LogP contribution >= 0.6 is 0 Å². The van der Waals surface area contributed by atoms with Crippen LogP contribution in [0.4, 0.5) is 0 Å². The molecule has 0 aliphatic rings. The molecule has 0 saturated heterocycles. The van der Waals surface area contributed by atoms with E-state index in [1.807, 2.05) is 13.8 Å². The third-order valence-electron chi connectivity index (χ3n) is 1.33. The van der Waals surface area contributed by atoms with Gasteiger partial charge in [0.25, 0.3) is 0 Å². The molecule has 0 atom stereocenters. The van der Waals surface area contributed by atoms with Crippen LogP contribution in [0.3, 0.4) is 0 Å². The van der Waals surface area contributed by atoms with E-state index in [4.69, 9.17) is 15.0 Å². The Morgan fingerprint density at radius 2 is 2.27 bits per heavy atom. The van der Waals surface area contributed by atoms with Gasteiger partial charge < -0.3 is 15.0 Å². The minimum Gasteiger partial charge on any atom is -0.487 e. The van der Waals surface area contributed by atoms with Crippen molar-refractivity contribution in [2.75, 3.05) is 13.2 Å². The highest BCUT2D eigenvalue weighted by Crippen LogP contribution is 2.20. The van der Waals surface area contributed by atoms with Gasteiger partial charge in [0.2, 0.25) is 0 Å². The predicted octanol–water partition coefficient (Wildman–Crippen LogP) is 0.629. The average Bonchev–Trinajstić information content (AvgIpc) is 2.29. The van der Waals surface area contributed by atoms with Crippen molar-refractivity contribution < 1.29 is 9.26 Å². The molecule has 0 aliphatic carbocycles. The molecule has 2 N–H and O–H groups in total. The zero-order valence-electron chi connectivity index (χ0n) is 6.76. The molecule has 0 aliphatic heterocycles. The Kier molecular flexibility index (Phi) is 2.48. The Bertz CT molecular complexity index is 213. The summed E-state index contributed by atoms with van der Waals surface area (Å²) < 4.78 is 10.2. The van der Waals surface area contributed by atoms with Gasteiger partial charge >= 0.3 is 0 Å². The first-order valence-electron chi connectivity index (χ1n) is 3.51. The molecule has 4 heteroatoms. The van der Waals surface area contributed by atoms with E-state index in [0.717, 1.165) is 11.4 Å². The molecule has 0 saturated carbocycles. The van der Waals surface area contributed by atoms with Crippen LogP contribution in [0.1, 0.15) is 11.5 Å². The van der Waals surface area contributed by atoms with Gasteiger partial charge in [-0.05, 0) is 6.92 Å². The number of ether oxygens (including phenoxy) is 1. The van der Waals surface area contributed by atoms with E-state index >= 15 is 0 Å². The Labute approximate surface area is 65.3 Å². The Balaban J connectivity index is 2.67. The molecule has 1 aromatic heterocycles. The van der Waals surface area contributed by atoms with Crippen molar-refractivity contribution in [3.8, 4) is 5.75 Å². The second-order valence-electron chi connectivity index (χ2n) is 2.29. The van der Waals surface area contributed by atoms with Crippen molar-refractivity contribution in [3.63, 3.8) is 0 Å². The Hall–Kier alpha value is -1.03. The monoisotopic (exact) mass is 156 g/mol. The Morgan fingerprint density at radius 3 is 2.73 bits per heavy atom. The molecule has 11 heavy (non-hydrogen) atoms. The van der Waals surface area contributed by atoms with E-state index in [1.165, 1.54) is 0 Å². The lowest BCUT2D eigenvalue weighted by Gasteiger charge is -2.00. The van der Waals surface area contributed by atoms with Crippen molar-refractivity contribution in [2.24, 2.45) is 5.73 Å². The summed E-state index contributed by atoms with van der Waals surface area (Å²) in [6.45, 7) is 4.65. The molecule has 0 bridgehead atoms. The molecule has 0 spiro atoms. The maximum atomic E-state index is 5.28. The van der Waals surface area contributed by atoms with E-state index < -0.39 is 0 Å². The first-order valence-corrected chi connectivity index (χ1v) is 3.51. The van der Waals surface area contributed by atoms with E-state index in [-0.39, 0.29) is 0 Å². The molecular weight excluding hydrogens is 144 g/mol. The molecule has 1 heterocycles. The van der Waals surface area contributed by atoms with Crippen molar-refractivity contribution in [1.82, 2.24) is 5.16 Å². The molecule has 0 fully saturated rings. The maximum Gasteiger partial charge on any atom is 0.184 e. The lowest BCUT2D eigenvalue weighted by molar-refractivity contribution is 0.315. The van der Waals surface area contributed by atoms with Crippen molar-refractivity contribution in [1.29, 1.82) is 0 Å². The largest absolute Gasteiger partial charge is 0.487 e. The zero-order valence-corrected chi connectivity index (χ0v) is 6.76. The molecule has 1 aromatic rings. The topological polar surface area (TPSA) is 61.3 Å². The fraction of sp³-hybridized carbons (Fsp3) is 0.571. The number of nitrogens with two attached hydrogens (primary N) is 1. The lowest BCUT2D eigenvalue weighted by atomic mass is 10.4. The van der Waals surface area contributed by atoms with Crippen LogP contribution < -0.4 is 10.5 Å². The van der Waals surface area contributed by atoms with Crippen molar-refractivity contribution in [3.05, 3.63) is 11.5 Å². The fourth-order valence-electron chi connectivity index (χ4n) is 0.842. The quantitative estimate of drug-likeness (QED) is 0.697. The molecule has 0 amide bonds. The molecule has 0 radical (unpaired) electrons. The summed E-state index contributed by atoms with van der Waals surface area (Å²) in [5, 5.41) is 3.73. The number of rotatable bonds is 3. The van der Waals surface area contributed by atoms with Gasteiger partial charge in [-0.1, -0.05) is 5.16 Å². The highest BCUT2D eigenvalue weighted by molar-refractivity contribution is 5.28. The fourth-order valence-corrected chi connectivity index (χ4v) is 0.842. The second-order valence-corrected chi connectivity index (χ2v) is 2.29. The van der Waals surface area contributed by atoms with Crippen molar-refractivity contribution in [2.45, 2.75) is 13.8 Å². The number of aryl methyl sites for hydroxylation is 2. The average molecular weight is 156 g/mol. The van der Waals surface area contributed by atoms with E-state index in [2.05, 4.69) is 5.16 Å². The van der Waals surface area contributed by atoms with Crippen LogP contribution in [0.2, 0.25) is 0 Å². The molecule has 1 rings (SSSR count). The summed E-state index contributed by atoms with van der Waals surface area (Å²) in [6, 6.07) is 0. The summed E-state index contributed by atoms with van der Waals surface area (Å²) in [4.78, 5) is 0. The van der Waals surface area contributed by atoms with Crippen LogP contribution in [0.5, 0.6) is 5.75 Å². The molecular formula is C7H12N2O2. The summed E-state index contributed by atoms with van der Waals surface area (Å²) in [5.41, 5.74) is 6.04. The van der Waals surface area contributed by atoms with Crippen LogP contribution in [-0.2, 0) is 0 Å². The van der Waals surface area contributed by atoms with Crippen LogP contribution in [0.25, 0.3) is 0 Å². The lowest BCUT2D eigenvalue weighted by Crippen LogP contribution is -2.11. The molecule has 0 aromatic carbocycles. The molecule has 4 nitrogen and oxygen atoms in total. The third-order valence-corrected chi connectivity index (χ3v) is 1.33. The van der Waals surface area contributed by atoms with Gasteiger partial charge in [0, 0.05) is 13.5 Å². The summed E-state index contributed by atoms with van der Waals surface area (Å²) in [6.07, 6.45) is 0. The van der Waals surface area contributed by atoms with Gasteiger partial charge in [-0.3, -0.25) is 0 Å². The first-order chi connectivity index (χ1) is 5.25. The summed E-state index contributed by atoms with van der Waals surface area (Å²) in [5.74, 6) is 1.42. The summed E-state index contributed by atoms with van der Waals surface area (Å²) in [7, 11) is 0. The van der Waals surface area contributed by atoms with Gasteiger partial charge in [-0.2, -0.15) is 0 Å². The van der Waals surface area contributed by atoms with Crippen LogP contribution in [0.15, 0.2) is 4.52 Å². The predicted molar refractivity (Wildman–Crippen MR) is 40.5 cm³/mol. The number of hydrogen-bond acceptors (Lipinski definition) is 4. The smallest absolute Gasteiger partial charge is 0.184 e. The summed E-state index contributed by atoms with van der Waals surface area (Å²) >= 11 is 0. The minimum absolute atomic E-state index is 0.503. The van der Waals surface area contributed by atoms with Gasteiger partial charge in [0.1, 0.15) is 12.3 Å². The van der Waals surface area contributed by atoms with Crippen molar-refractivity contribution >= 4 is 0 Å². The van der Waals surface area contributed by atoms with E-state index in [9.17, 15) is 0 Å².